The smallest absolute Gasteiger partial charge is 1.00 e. The van der Waals surface area contributed by atoms with Crippen LogP contribution in [-0.2, 0) is 17.1 Å². The van der Waals surface area contributed by atoms with Crippen molar-refractivity contribution in [1.29, 1.82) is 0 Å². The summed E-state index contributed by atoms with van der Waals surface area (Å²) in [5.41, 5.74) is 2.75. The first-order valence-electron chi connectivity index (χ1n) is 8.40. The van der Waals surface area contributed by atoms with Crippen molar-refractivity contribution in [3.05, 3.63) is 90.9 Å². The zero-order valence-corrected chi connectivity index (χ0v) is 19.3. The predicted molar refractivity (Wildman–Crippen MR) is 117 cm³/mol. The molecule has 2 aromatic carbocycles. The Balaban J connectivity index is -0.000000463. The van der Waals surface area contributed by atoms with Crippen molar-refractivity contribution in [2.45, 2.75) is 0 Å². The van der Waals surface area contributed by atoms with Crippen molar-refractivity contribution in [1.82, 2.24) is 15.0 Å². The Morgan fingerprint density at radius 1 is 0.636 bits per heavy atom. The second-order valence-electron chi connectivity index (χ2n) is 5.91. The molecule has 0 unspecified atom stereocenters. The summed E-state index contributed by atoms with van der Waals surface area (Å²) in [6, 6.07) is 22.8. The number of aromatic nitrogens is 3. The van der Waals surface area contributed by atoms with Gasteiger partial charge in [-0.1, -0.05) is 48.5 Å². The second kappa shape index (κ2) is 15.8. The van der Waals surface area contributed by atoms with Gasteiger partial charge < -0.3 is 46.3 Å². The van der Waals surface area contributed by atoms with Crippen LogP contribution in [0.5, 0.6) is 0 Å². The normalized spacial score (nSPS) is 8.61. The average molecular weight is 542 g/mol. The third-order valence-electron chi connectivity index (χ3n) is 4.16. The van der Waals surface area contributed by atoms with E-state index < -0.39 is 5.97 Å². The number of halogens is 2. The Morgan fingerprint density at radius 2 is 1.09 bits per heavy atom. The zero-order valence-electron chi connectivity index (χ0n) is 16.8. The molecule has 0 atom stereocenters. The van der Waals surface area contributed by atoms with Crippen molar-refractivity contribution in [3.63, 3.8) is 0 Å². The van der Waals surface area contributed by atoms with Crippen LogP contribution < -0.4 is 24.8 Å². The summed E-state index contributed by atoms with van der Waals surface area (Å²) in [4.78, 5) is 23.3. The number of carboxylic acid groups (broad SMARTS) is 1. The minimum absolute atomic E-state index is 0. The van der Waals surface area contributed by atoms with Crippen molar-refractivity contribution in [2.75, 3.05) is 0 Å². The fraction of sp³-hybridized carbons (Fsp3) is 0. The van der Waals surface area contributed by atoms with Gasteiger partial charge in [0.2, 0.25) is 0 Å². The van der Waals surface area contributed by atoms with E-state index in [0.29, 0.717) is 5.52 Å². The molecule has 0 saturated heterocycles. The molecule has 0 aliphatic carbocycles. The molecule has 3 heterocycles. The van der Waals surface area contributed by atoms with E-state index in [2.05, 4.69) is 39.2 Å². The third-order valence-corrected chi connectivity index (χ3v) is 4.16. The van der Waals surface area contributed by atoms with Gasteiger partial charge in [0.15, 0.2) is 0 Å². The molecule has 0 saturated carbocycles. The number of carbonyl (C=O) groups is 1. The maximum absolute atomic E-state index is 10.6. The zero-order chi connectivity index (χ0) is 18.6. The fourth-order valence-electron chi connectivity index (χ4n) is 2.86. The van der Waals surface area contributed by atoms with Gasteiger partial charge in [0.25, 0.3) is 0 Å². The maximum Gasteiger partial charge on any atom is 2.00 e. The predicted octanol–water partition coefficient (Wildman–Crippen LogP) is -3.75. The van der Waals surface area contributed by atoms with Crippen LogP contribution in [0.1, 0.15) is 10.5 Å². The van der Waals surface area contributed by atoms with E-state index in [4.69, 9.17) is 5.11 Å². The Morgan fingerprint density at radius 3 is 1.61 bits per heavy atom. The van der Waals surface area contributed by atoms with Gasteiger partial charge in [0.05, 0.1) is 16.6 Å². The van der Waals surface area contributed by atoms with Gasteiger partial charge in [-0.2, -0.15) is 0 Å². The van der Waals surface area contributed by atoms with Crippen LogP contribution in [0.15, 0.2) is 85.2 Å². The van der Waals surface area contributed by atoms with Gasteiger partial charge in [-0.3, -0.25) is 9.97 Å². The van der Waals surface area contributed by atoms with Crippen molar-refractivity contribution < 1.29 is 68.2 Å². The van der Waals surface area contributed by atoms with Crippen LogP contribution in [0.4, 0.5) is 0 Å². The van der Waals surface area contributed by atoms with Crippen LogP contribution in [0, 0.1) is 0 Å². The van der Waals surface area contributed by atoms with Gasteiger partial charge in [0, 0.05) is 28.6 Å². The molecule has 33 heavy (non-hydrogen) atoms. The van der Waals surface area contributed by atoms with E-state index in [1.165, 1.54) is 6.07 Å². The van der Waals surface area contributed by atoms with E-state index in [1.807, 2.05) is 30.3 Å². The molecule has 5 aromatic rings. The Labute approximate surface area is 212 Å². The number of rotatable bonds is 1. The van der Waals surface area contributed by atoms with Crippen LogP contribution in [0.25, 0.3) is 32.7 Å². The first kappa shape index (κ1) is 34.7. The molecule has 5 rings (SSSR count). The van der Waals surface area contributed by atoms with E-state index in [0.717, 1.165) is 27.2 Å². The molecule has 0 fully saturated rings. The molecule has 0 aliphatic heterocycles. The maximum atomic E-state index is 10.6. The first-order chi connectivity index (χ1) is 13.2. The number of nitrogens with zero attached hydrogens (tertiary/aromatic N) is 3. The Bertz CT molecular complexity index is 1240. The van der Waals surface area contributed by atoms with E-state index >= 15 is 0 Å². The summed E-state index contributed by atoms with van der Waals surface area (Å²) >= 11 is 0. The standard InChI is InChI=1S/C12H8N2.C10H7NO2.2ClH.Cu.3H2O/c1-3-9-5-6-10-4-2-8-14-12(10)11(9)13-7-1;12-10(13)9-6-5-7-3-1-2-4-8(7)11-9;;;;;;/h1-8H;1-6H,(H,12,13);2*1H;;3*1H2/q;;;;+2;;;/p-2. The summed E-state index contributed by atoms with van der Waals surface area (Å²) in [5, 5.41) is 11.9. The van der Waals surface area contributed by atoms with Crippen molar-refractivity contribution in [3.8, 4) is 0 Å². The minimum atomic E-state index is -0.995. The van der Waals surface area contributed by atoms with Gasteiger partial charge in [0.1, 0.15) is 5.69 Å². The molecular weight excluding hydrogens is 521 g/mol. The molecular formula is C22H21Cl2CuN3O5. The number of pyridine rings is 3. The van der Waals surface area contributed by atoms with Crippen LogP contribution in [0.3, 0.4) is 0 Å². The summed E-state index contributed by atoms with van der Waals surface area (Å²) in [6.45, 7) is 0. The molecule has 0 spiro atoms. The van der Waals surface area contributed by atoms with E-state index in [9.17, 15) is 4.79 Å². The Hall–Kier alpha value is -2.88. The fourth-order valence-corrected chi connectivity index (χ4v) is 2.86. The number of hydrogen-bond acceptors (Lipinski definition) is 4. The average Bonchev–Trinajstić information content (AvgIpc) is 2.74. The molecule has 0 aliphatic rings. The van der Waals surface area contributed by atoms with Crippen LogP contribution >= 0.6 is 0 Å². The van der Waals surface area contributed by atoms with E-state index in [-0.39, 0.29) is 64.0 Å². The number of para-hydroxylation sites is 1. The van der Waals surface area contributed by atoms with Crippen molar-refractivity contribution >= 4 is 38.7 Å². The molecule has 8 nitrogen and oxygen atoms in total. The number of fused-ring (bicyclic) bond motifs is 4. The van der Waals surface area contributed by atoms with Gasteiger partial charge in [-0.25, -0.2) is 9.78 Å². The number of hydrogen-bond donors (Lipinski definition) is 1. The number of carboxylic acids is 1. The summed E-state index contributed by atoms with van der Waals surface area (Å²) in [5.74, 6) is -0.995. The molecule has 0 amide bonds. The first-order valence-corrected chi connectivity index (χ1v) is 8.40. The summed E-state index contributed by atoms with van der Waals surface area (Å²) in [6.07, 6.45) is 3.60. The molecule has 1 radical (unpaired) electrons. The topological polar surface area (TPSA) is 170 Å². The van der Waals surface area contributed by atoms with Gasteiger partial charge >= 0.3 is 23.0 Å². The minimum Gasteiger partial charge on any atom is -1.00 e. The molecule has 0 bridgehead atoms. The quantitative estimate of drug-likeness (QED) is 0.169. The second-order valence-corrected chi connectivity index (χ2v) is 5.91. The van der Waals surface area contributed by atoms with E-state index in [1.54, 1.807) is 24.5 Å². The molecule has 7 N–H and O–H groups in total. The van der Waals surface area contributed by atoms with Crippen LogP contribution in [-0.4, -0.2) is 42.5 Å². The Kier molecular flexibility index (Phi) is 16.7. The van der Waals surface area contributed by atoms with Gasteiger partial charge in [-0.05, 0) is 24.3 Å². The van der Waals surface area contributed by atoms with Gasteiger partial charge in [-0.15, -0.1) is 0 Å². The summed E-state index contributed by atoms with van der Waals surface area (Å²) < 4.78 is 0. The molecule has 3 aromatic heterocycles. The van der Waals surface area contributed by atoms with Crippen LogP contribution in [0.2, 0.25) is 0 Å². The summed E-state index contributed by atoms with van der Waals surface area (Å²) in [7, 11) is 0. The number of benzene rings is 2. The monoisotopic (exact) mass is 540 g/mol. The van der Waals surface area contributed by atoms with Crippen molar-refractivity contribution in [2.24, 2.45) is 0 Å². The molecule has 179 valence electrons. The number of aromatic carboxylic acids is 1. The molecule has 11 heteroatoms. The largest absolute Gasteiger partial charge is 2.00 e. The SMILES string of the molecule is O.O.O.O=C(O)c1ccc2ccccc2n1.[Cl-].[Cl-].[Cu+2].c1cnc2c(c1)ccc1cccnc12. The third kappa shape index (κ3) is 7.88.